The van der Waals surface area contributed by atoms with Crippen LogP contribution in [0.25, 0.3) is 0 Å². The Kier molecular flexibility index (Phi) is 3.45. The first-order chi connectivity index (χ1) is 8.70. The van der Waals surface area contributed by atoms with Crippen LogP contribution in [-0.2, 0) is 4.74 Å². The Balaban J connectivity index is 1.87. The van der Waals surface area contributed by atoms with Crippen LogP contribution in [0, 0.1) is 17.3 Å². The van der Waals surface area contributed by atoms with Gasteiger partial charge in [-0.1, -0.05) is 19.9 Å². The Morgan fingerprint density at radius 2 is 2.21 bits per heavy atom. The highest BCUT2D eigenvalue weighted by molar-refractivity contribution is 5.81. The van der Waals surface area contributed by atoms with Crippen molar-refractivity contribution >= 4 is 12.3 Å². The minimum atomic E-state index is -0.508. The molecular formula is C15H24N2O2. The van der Waals surface area contributed by atoms with Gasteiger partial charge in [0.25, 0.3) is 0 Å². The zero-order chi connectivity index (χ0) is 14.3. The molecule has 3 aliphatic carbocycles. The van der Waals surface area contributed by atoms with Gasteiger partial charge in [0.15, 0.2) is 0 Å². The van der Waals surface area contributed by atoms with E-state index in [1.54, 1.807) is 6.21 Å². The van der Waals surface area contributed by atoms with E-state index in [9.17, 15) is 4.79 Å². The van der Waals surface area contributed by atoms with Crippen LogP contribution >= 0.6 is 0 Å². The Hall–Kier alpha value is -1.32. The van der Waals surface area contributed by atoms with Crippen molar-refractivity contribution in [2.75, 3.05) is 0 Å². The maximum absolute atomic E-state index is 11.5. The van der Waals surface area contributed by atoms with Crippen LogP contribution in [0.1, 0.15) is 47.5 Å². The molecule has 2 atom stereocenters. The molecule has 4 heteroatoms. The second-order valence-electron chi connectivity index (χ2n) is 7.12. The Morgan fingerprint density at radius 1 is 1.53 bits per heavy atom. The molecule has 19 heavy (non-hydrogen) atoms. The summed E-state index contributed by atoms with van der Waals surface area (Å²) < 4.78 is 5.12. The topological polar surface area (TPSA) is 50.7 Å². The molecule has 1 saturated carbocycles. The lowest BCUT2D eigenvalue weighted by atomic mass is 9.49. The molecule has 1 N–H and O–H groups in total. The summed E-state index contributed by atoms with van der Waals surface area (Å²) in [4.78, 5) is 11.5. The molecule has 0 spiro atoms. The predicted octanol–water partition coefficient (Wildman–Crippen LogP) is 3.49. The second kappa shape index (κ2) is 4.66. The average Bonchev–Trinajstić information content (AvgIpc) is 2.26. The molecule has 4 nitrogen and oxygen atoms in total. The maximum atomic E-state index is 11.5. The number of carbonyl (C=O) groups excluding carboxylic acids is 1. The number of hydrogen-bond acceptors (Lipinski definition) is 3. The third-order valence-corrected chi connectivity index (χ3v) is 4.28. The Labute approximate surface area is 115 Å². The highest BCUT2D eigenvalue weighted by atomic mass is 16.6. The van der Waals surface area contributed by atoms with Gasteiger partial charge in [-0.05, 0) is 56.4 Å². The Bertz CT molecular complexity index is 430. The third kappa shape index (κ3) is 2.99. The molecule has 1 fully saturated rings. The number of nitrogens with zero attached hydrogens (tertiary/aromatic N) is 1. The zero-order valence-electron chi connectivity index (χ0n) is 12.5. The van der Waals surface area contributed by atoms with Gasteiger partial charge in [0.05, 0.1) is 6.21 Å². The molecule has 3 aliphatic rings. The van der Waals surface area contributed by atoms with E-state index in [2.05, 4.69) is 30.5 Å². The van der Waals surface area contributed by atoms with Gasteiger partial charge in [0.2, 0.25) is 0 Å². The molecule has 0 aromatic carbocycles. The molecule has 0 heterocycles. The number of hydrogen-bond donors (Lipinski definition) is 1. The number of carbonyl (C=O) groups is 1. The molecule has 0 aromatic rings. The van der Waals surface area contributed by atoms with Crippen LogP contribution in [0.4, 0.5) is 4.79 Å². The molecule has 3 rings (SSSR count). The van der Waals surface area contributed by atoms with Gasteiger partial charge in [-0.15, -0.1) is 0 Å². The standard InChI is InChI=1S/C15H24N2O2/c1-14(2,3)19-13(18)17-16-9-10-6-7-11-8-12(10)15(11,4)5/h6,9,11-12H,7-8H2,1-5H3,(H,17,18)/b16-9+. The van der Waals surface area contributed by atoms with Crippen molar-refractivity contribution in [1.82, 2.24) is 5.43 Å². The molecule has 106 valence electrons. The highest BCUT2D eigenvalue weighted by Gasteiger charge is 2.50. The molecule has 2 bridgehead atoms. The summed E-state index contributed by atoms with van der Waals surface area (Å²) in [6, 6.07) is 0. The van der Waals surface area contributed by atoms with Crippen LogP contribution in [0.15, 0.2) is 16.8 Å². The molecule has 0 radical (unpaired) electrons. The van der Waals surface area contributed by atoms with Crippen molar-refractivity contribution in [3.8, 4) is 0 Å². The molecule has 2 unspecified atom stereocenters. The monoisotopic (exact) mass is 264 g/mol. The summed E-state index contributed by atoms with van der Waals surface area (Å²) in [6.07, 6.45) is 5.87. The first kappa shape index (κ1) is 14.1. The van der Waals surface area contributed by atoms with Gasteiger partial charge < -0.3 is 4.74 Å². The lowest BCUT2D eigenvalue weighted by Crippen LogP contribution is -2.48. The first-order valence-electron chi connectivity index (χ1n) is 6.92. The van der Waals surface area contributed by atoms with E-state index < -0.39 is 11.7 Å². The fourth-order valence-electron chi connectivity index (χ4n) is 3.01. The Morgan fingerprint density at radius 3 is 2.74 bits per heavy atom. The molecule has 1 amide bonds. The predicted molar refractivity (Wildman–Crippen MR) is 75.9 cm³/mol. The summed E-state index contributed by atoms with van der Waals surface area (Å²) in [6.45, 7) is 10.1. The van der Waals surface area contributed by atoms with E-state index in [1.807, 2.05) is 20.8 Å². The van der Waals surface area contributed by atoms with Crippen molar-refractivity contribution in [2.24, 2.45) is 22.4 Å². The van der Waals surface area contributed by atoms with E-state index in [0.717, 1.165) is 12.3 Å². The van der Waals surface area contributed by atoms with E-state index in [-0.39, 0.29) is 0 Å². The van der Waals surface area contributed by atoms with E-state index in [1.165, 1.54) is 12.0 Å². The SMILES string of the molecule is CC(C)(C)OC(=O)N/N=C/C1=CCC2CC1C2(C)C. The number of ether oxygens (including phenoxy) is 1. The van der Waals surface area contributed by atoms with Crippen molar-refractivity contribution in [2.45, 2.75) is 53.1 Å². The number of hydrazone groups is 1. The summed E-state index contributed by atoms with van der Waals surface area (Å²) in [5.74, 6) is 1.39. The van der Waals surface area contributed by atoms with Gasteiger partial charge >= 0.3 is 6.09 Å². The van der Waals surface area contributed by atoms with Gasteiger partial charge in [-0.25, -0.2) is 10.2 Å². The van der Waals surface area contributed by atoms with Crippen LogP contribution in [0.2, 0.25) is 0 Å². The van der Waals surface area contributed by atoms with Gasteiger partial charge in [-0.2, -0.15) is 5.10 Å². The third-order valence-electron chi connectivity index (χ3n) is 4.28. The second-order valence-corrected chi connectivity index (χ2v) is 7.12. The fourth-order valence-corrected chi connectivity index (χ4v) is 3.01. The summed E-state index contributed by atoms with van der Waals surface area (Å²) in [5, 5.41) is 4.00. The van der Waals surface area contributed by atoms with Crippen molar-refractivity contribution in [1.29, 1.82) is 0 Å². The summed E-state index contributed by atoms with van der Waals surface area (Å²) in [5.41, 5.74) is 3.54. The van der Waals surface area contributed by atoms with E-state index >= 15 is 0 Å². The van der Waals surface area contributed by atoms with Gasteiger partial charge in [-0.3, -0.25) is 0 Å². The van der Waals surface area contributed by atoms with E-state index in [4.69, 9.17) is 4.74 Å². The summed E-state index contributed by atoms with van der Waals surface area (Å²) >= 11 is 0. The highest BCUT2D eigenvalue weighted by Crippen LogP contribution is 2.58. The molecule has 0 saturated heterocycles. The fraction of sp³-hybridized carbons (Fsp3) is 0.733. The lowest BCUT2D eigenvalue weighted by Gasteiger charge is -2.55. The maximum Gasteiger partial charge on any atom is 0.428 e. The minimum Gasteiger partial charge on any atom is -0.443 e. The largest absolute Gasteiger partial charge is 0.443 e. The molecule has 0 aliphatic heterocycles. The van der Waals surface area contributed by atoms with Crippen molar-refractivity contribution in [3.05, 3.63) is 11.6 Å². The molecule has 0 aromatic heterocycles. The van der Waals surface area contributed by atoms with Crippen molar-refractivity contribution in [3.63, 3.8) is 0 Å². The van der Waals surface area contributed by atoms with Crippen molar-refractivity contribution < 1.29 is 9.53 Å². The zero-order valence-corrected chi connectivity index (χ0v) is 12.5. The quantitative estimate of drug-likeness (QED) is 0.613. The number of nitrogens with one attached hydrogen (secondary N) is 1. The normalized spacial score (nSPS) is 28.6. The van der Waals surface area contributed by atoms with E-state index in [0.29, 0.717) is 11.3 Å². The van der Waals surface area contributed by atoms with Crippen LogP contribution in [0.5, 0.6) is 0 Å². The number of amides is 1. The smallest absolute Gasteiger partial charge is 0.428 e. The number of allylic oxidation sites excluding steroid dienone is 2. The lowest BCUT2D eigenvalue weighted by molar-refractivity contribution is -0.00127. The van der Waals surface area contributed by atoms with Crippen LogP contribution < -0.4 is 5.43 Å². The number of rotatable bonds is 2. The average molecular weight is 264 g/mol. The van der Waals surface area contributed by atoms with Crippen LogP contribution in [-0.4, -0.2) is 17.9 Å². The van der Waals surface area contributed by atoms with Gasteiger partial charge in [0, 0.05) is 0 Å². The number of fused-ring (bicyclic) bond motifs is 1. The minimum absolute atomic E-state index is 0.377. The molecular weight excluding hydrogens is 240 g/mol. The van der Waals surface area contributed by atoms with Gasteiger partial charge in [0.1, 0.15) is 5.60 Å². The van der Waals surface area contributed by atoms with Crippen LogP contribution in [0.3, 0.4) is 0 Å². The first-order valence-corrected chi connectivity index (χ1v) is 6.92. The summed E-state index contributed by atoms with van der Waals surface area (Å²) in [7, 11) is 0.